The summed E-state index contributed by atoms with van der Waals surface area (Å²) in [5.74, 6) is -0.468. The van der Waals surface area contributed by atoms with E-state index >= 15 is 0 Å². The fraction of sp³-hybridized carbons (Fsp3) is 0.333. The number of carbonyl (C=O) groups is 2. The van der Waals surface area contributed by atoms with Gasteiger partial charge in [-0.25, -0.2) is 8.42 Å². The number of carbonyl (C=O) groups excluding carboxylic acids is 2. The van der Waals surface area contributed by atoms with Crippen LogP contribution in [0.25, 0.3) is 0 Å². The van der Waals surface area contributed by atoms with Crippen LogP contribution in [0.4, 0.5) is 5.69 Å². The van der Waals surface area contributed by atoms with E-state index in [2.05, 4.69) is 5.32 Å². The summed E-state index contributed by atoms with van der Waals surface area (Å²) in [4.78, 5) is 28.8. The summed E-state index contributed by atoms with van der Waals surface area (Å²) in [5.41, 5.74) is 2.32. The van der Waals surface area contributed by atoms with Crippen molar-refractivity contribution in [2.24, 2.45) is 0 Å². The molecule has 0 aliphatic heterocycles. The molecule has 0 unspecified atom stereocenters. The van der Waals surface area contributed by atoms with Gasteiger partial charge in [0.2, 0.25) is 21.8 Å². The molecule has 0 aliphatic rings. The first-order valence-corrected chi connectivity index (χ1v) is 15.2. The van der Waals surface area contributed by atoms with E-state index in [1.807, 2.05) is 62.4 Å². The van der Waals surface area contributed by atoms with Gasteiger partial charge >= 0.3 is 0 Å². The number of anilines is 1. The molecule has 3 aromatic carbocycles. The third kappa shape index (κ3) is 9.41. The molecular formula is C30H36ClN3O4S. The van der Waals surface area contributed by atoms with Crippen molar-refractivity contribution in [2.75, 3.05) is 17.1 Å². The van der Waals surface area contributed by atoms with Crippen molar-refractivity contribution in [3.63, 3.8) is 0 Å². The number of para-hydroxylation sites is 1. The van der Waals surface area contributed by atoms with E-state index in [4.69, 9.17) is 11.6 Å². The second kappa shape index (κ2) is 14.1. The van der Waals surface area contributed by atoms with Crippen LogP contribution in [0.3, 0.4) is 0 Å². The molecule has 0 saturated carbocycles. The van der Waals surface area contributed by atoms with Crippen LogP contribution in [-0.4, -0.2) is 50.0 Å². The lowest BCUT2D eigenvalue weighted by Crippen LogP contribution is -2.51. The molecule has 3 aromatic rings. The first kappa shape index (κ1) is 30.2. The second-order valence-electron chi connectivity index (χ2n) is 9.79. The normalized spacial score (nSPS) is 12.1. The predicted molar refractivity (Wildman–Crippen MR) is 157 cm³/mol. The van der Waals surface area contributed by atoms with Crippen LogP contribution in [0.2, 0.25) is 5.02 Å². The number of benzene rings is 3. The maximum atomic E-state index is 13.8. The molecule has 0 saturated heterocycles. The van der Waals surface area contributed by atoms with Gasteiger partial charge in [-0.3, -0.25) is 13.9 Å². The minimum Gasteiger partial charge on any atom is -0.352 e. The number of hydrogen-bond acceptors (Lipinski definition) is 4. The minimum absolute atomic E-state index is 0.0761. The van der Waals surface area contributed by atoms with Crippen molar-refractivity contribution >= 4 is 39.1 Å². The summed E-state index contributed by atoms with van der Waals surface area (Å²) in [6.07, 6.45) is 1.87. The van der Waals surface area contributed by atoms with Crippen LogP contribution in [0, 0.1) is 0 Å². The number of halogens is 1. The summed E-state index contributed by atoms with van der Waals surface area (Å²) >= 11 is 6.08. The molecule has 0 radical (unpaired) electrons. The lowest BCUT2D eigenvalue weighted by molar-refractivity contribution is -0.141. The molecule has 208 valence electrons. The topological polar surface area (TPSA) is 86.8 Å². The summed E-state index contributed by atoms with van der Waals surface area (Å²) < 4.78 is 26.3. The van der Waals surface area contributed by atoms with Crippen molar-refractivity contribution in [1.82, 2.24) is 10.2 Å². The summed E-state index contributed by atoms with van der Waals surface area (Å²) in [6, 6.07) is 24.7. The Morgan fingerprint density at radius 2 is 1.46 bits per heavy atom. The molecule has 0 aromatic heterocycles. The van der Waals surface area contributed by atoms with Crippen LogP contribution in [0.5, 0.6) is 0 Å². The van der Waals surface area contributed by atoms with Gasteiger partial charge in [0, 0.05) is 37.0 Å². The molecule has 0 fully saturated rings. The van der Waals surface area contributed by atoms with Crippen LogP contribution in [-0.2, 0) is 32.6 Å². The molecular weight excluding hydrogens is 534 g/mol. The average molecular weight is 570 g/mol. The fourth-order valence-electron chi connectivity index (χ4n) is 4.32. The van der Waals surface area contributed by atoms with Crippen LogP contribution in [0.15, 0.2) is 84.9 Å². The molecule has 39 heavy (non-hydrogen) atoms. The lowest BCUT2D eigenvalue weighted by Gasteiger charge is -2.32. The van der Waals surface area contributed by atoms with Gasteiger partial charge < -0.3 is 10.2 Å². The third-order valence-corrected chi connectivity index (χ3v) is 7.61. The van der Waals surface area contributed by atoms with E-state index in [-0.39, 0.29) is 37.4 Å². The first-order chi connectivity index (χ1) is 18.5. The number of amides is 2. The highest BCUT2D eigenvalue weighted by atomic mass is 35.5. The highest BCUT2D eigenvalue weighted by molar-refractivity contribution is 7.92. The zero-order chi connectivity index (χ0) is 28.4. The number of nitrogens with one attached hydrogen (secondary N) is 1. The summed E-state index contributed by atoms with van der Waals surface area (Å²) in [5, 5.41) is 3.55. The van der Waals surface area contributed by atoms with Crippen LogP contribution in [0.1, 0.15) is 37.8 Å². The predicted octanol–water partition coefficient (Wildman–Crippen LogP) is 5.05. The Kier molecular flexibility index (Phi) is 10.9. The molecule has 9 heteroatoms. The third-order valence-electron chi connectivity index (χ3n) is 6.16. The Labute approximate surface area is 236 Å². The van der Waals surface area contributed by atoms with Crippen molar-refractivity contribution < 1.29 is 18.0 Å². The Hall–Kier alpha value is -3.36. The van der Waals surface area contributed by atoms with E-state index in [1.165, 1.54) is 4.31 Å². The summed E-state index contributed by atoms with van der Waals surface area (Å²) in [7, 11) is -3.54. The van der Waals surface area contributed by atoms with Gasteiger partial charge in [0.1, 0.15) is 6.04 Å². The molecule has 0 bridgehead atoms. The van der Waals surface area contributed by atoms with Gasteiger partial charge in [-0.1, -0.05) is 72.3 Å². The van der Waals surface area contributed by atoms with Crippen molar-refractivity contribution in [1.29, 1.82) is 0 Å². The largest absolute Gasteiger partial charge is 0.352 e. The quantitative estimate of drug-likeness (QED) is 0.312. The van der Waals surface area contributed by atoms with E-state index in [1.54, 1.807) is 41.3 Å². The van der Waals surface area contributed by atoms with E-state index in [9.17, 15) is 18.0 Å². The number of rotatable bonds is 13. The van der Waals surface area contributed by atoms with Gasteiger partial charge in [-0.2, -0.15) is 0 Å². The van der Waals surface area contributed by atoms with Crippen molar-refractivity contribution in [3.8, 4) is 0 Å². The number of sulfonamides is 1. The minimum atomic E-state index is -3.54. The highest BCUT2D eigenvalue weighted by Gasteiger charge is 2.31. The lowest BCUT2D eigenvalue weighted by atomic mass is 10.0. The van der Waals surface area contributed by atoms with Gasteiger partial charge in [-0.05, 0) is 55.7 Å². The molecule has 0 heterocycles. The zero-order valence-corrected chi connectivity index (χ0v) is 24.2. The Morgan fingerprint density at radius 1 is 0.872 bits per heavy atom. The highest BCUT2D eigenvalue weighted by Crippen LogP contribution is 2.20. The number of hydrogen-bond donors (Lipinski definition) is 1. The molecule has 0 spiro atoms. The SMILES string of the molecule is CC(C)NC(=O)[C@H](Cc1ccccc1)N(Cc1ccc(Cl)cc1)C(=O)CCCN(c1ccccc1)S(C)(=O)=O. The van der Waals surface area contributed by atoms with Gasteiger partial charge in [0.15, 0.2) is 0 Å². The molecule has 1 N–H and O–H groups in total. The maximum absolute atomic E-state index is 13.8. The van der Waals surface area contributed by atoms with E-state index < -0.39 is 16.1 Å². The molecule has 0 aliphatic carbocycles. The van der Waals surface area contributed by atoms with E-state index in [0.717, 1.165) is 17.4 Å². The molecule has 7 nitrogen and oxygen atoms in total. The molecule has 1 atom stereocenters. The monoisotopic (exact) mass is 569 g/mol. The van der Waals surface area contributed by atoms with Crippen molar-refractivity contribution in [2.45, 2.75) is 51.7 Å². The Bertz CT molecular complexity index is 1320. The molecule has 3 rings (SSSR count). The Balaban J connectivity index is 1.87. The van der Waals surface area contributed by atoms with Crippen LogP contribution < -0.4 is 9.62 Å². The first-order valence-electron chi connectivity index (χ1n) is 13.0. The smallest absolute Gasteiger partial charge is 0.243 e. The Morgan fingerprint density at radius 3 is 2.03 bits per heavy atom. The fourth-order valence-corrected chi connectivity index (χ4v) is 5.41. The van der Waals surface area contributed by atoms with Crippen molar-refractivity contribution in [3.05, 3.63) is 101 Å². The molecule has 2 amide bonds. The maximum Gasteiger partial charge on any atom is 0.243 e. The standard InChI is InChI=1S/C30H36ClN3O4S/c1-23(2)32-30(36)28(21-24-11-6-4-7-12-24)33(22-25-16-18-26(31)19-17-25)29(35)15-10-20-34(39(3,37)38)27-13-8-5-9-14-27/h4-9,11-14,16-19,23,28H,10,15,20-22H2,1-3H3,(H,32,36)/t28-/m0/s1. The summed E-state index contributed by atoms with van der Waals surface area (Å²) in [6.45, 7) is 4.12. The second-order valence-corrected chi connectivity index (χ2v) is 12.1. The van der Waals surface area contributed by atoms with Gasteiger partial charge in [0.25, 0.3) is 0 Å². The average Bonchev–Trinajstić information content (AvgIpc) is 2.89. The van der Waals surface area contributed by atoms with Crippen LogP contribution >= 0.6 is 11.6 Å². The van der Waals surface area contributed by atoms with E-state index in [0.29, 0.717) is 23.6 Å². The van der Waals surface area contributed by atoms with Gasteiger partial charge in [0.05, 0.1) is 11.9 Å². The number of nitrogens with zero attached hydrogens (tertiary/aromatic N) is 2. The van der Waals surface area contributed by atoms with Gasteiger partial charge in [-0.15, -0.1) is 0 Å². The zero-order valence-electron chi connectivity index (χ0n) is 22.6.